The standard InChI is InChI=1S/C17H19ClN2O4S/c1-24-10-9-20-25(22,23)16-4-2-3-14(11-16)17(21)19-12-13-5-7-15(18)8-6-13/h2-8,11,20H,9-10,12H2,1H3,(H,19,21). The maximum atomic E-state index is 12.3. The highest BCUT2D eigenvalue weighted by Gasteiger charge is 2.15. The van der Waals surface area contributed by atoms with Gasteiger partial charge in [0.15, 0.2) is 0 Å². The molecule has 0 aliphatic heterocycles. The second kappa shape index (κ2) is 8.96. The molecular weight excluding hydrogens is 364 g/mol. The van der Waals surface area contributed by atoms with Crippen LogP contribution in [0.3, 0.4) is 0 Å². The molecule has 0 unspecified atom stereocenters. The first-order valence-electron chi connectivity index (χ1n) is 7.54. The number of carbonyl (C=O) groups excluding carboxylic acids is 1. The molecule has 0 spiro atoms. The summed E-state index contributed by atoms with van der Waals surface area (Å²) in [7, 11) is -2.20. The van der Waals surface area contributed by atoms with Gasteiger partial charge in [-0.2, -0.15) is 0 Å². The van der Waals surface area contributed by atoms with E-state index in [-0.39, 0.29) is 29.5 Å². The van der Waals surface area contributed by atoms with Crippen LogP contribution in [-0.2, 0) is 21.3 Å². The number of rotatable bonds is 8. The van der Waals surface area contributed by atoms with Gasteiger partial charge in [0.1, 0.15) is 0 Å². The molecule has 0 radical (unpaired) electrons. The molecule has 0 atom stereocenters. The Morgan fingerprint density at radius 2 is 1.88 bits per heavy atom. The van der Waals surface area contributed by atoms with Crippen molar-refractivity contribution in [3.05, 3.63) is 64.7 Å². The highest BCUT2D eigenvalue weighted by molar-refractivity contribution is 7.89. The third-order valence-electron chi connectivity index (χ3n) is 3.37. The molecule has 134 valence electrons. The number of halogens is 1. The van der Waals surface area contributed by atoms with Crippen molar-refractivity contribution in [2.45, 2.75) is 11.4 Å². The van der Waals surface area contributed by atoms with Crippen LogP contribution in [0, 0.1) is 0 Å². The number of amides is 1. The Labute approximate surface area is 152 Å². The predicted molar refractivity (Wildman–Crippen MR) is 96.1 cm³/mol. The van der Waals surface area contributed by atoms with E-state index in [1.54, 1.807) is 18.2 Å². The van der Waals surface area contributed by atoms with Crippen molar-refractivity contribution in [1.29, 1.82) is 0 Å². The first kappa shape index (κ1) is 19.4. The van der Waals surface area contributed by atoms with Crippen molar-refractivity contribution in [3.8, 4) is 0 Å². The molecule has 0 saturated heterocycles. The molecule has 0 aliphatic carbocycles. The normalized spacial score (nSPS) is 11.3. The van der Waals surface area contributed by atoms with Gasteiger partial charge in [0.2, 0.25) is 10.0 Å². The summed E-state index contributed by atoms with van der Waals surface area (Å²) in [4.78, 5) is 12.3. The van der Waals surface area contributed by atoms with Gasteiger partial charge in [0, 0.05) is 30.8 Å². The van der Waals surface area contributed by atoms with Crippen LogP contribution in [0.15, 0.2) is 53.4 Å². The van der Waals surface area contributed by atoms with Gasteiger partial charge in [0.25, 0.3) is 5.91 Å². The largest absolute Gasteiger partial charge is 0.383 e. The molecule has 2 aromatic carbocycles. The number of nitrogens with one attached hydrogen (secondary N) is 2. The molecule has 2 N–H and O–H groups in total. The number of benzene rings is 2. The summed E-state index contributed by atoms with van der Waals surface area (Å²) in [5, 5.41) is 3.37. The van der Waals surface area contributed by atoms with Gasteiger partial charge < -0.3 is 10.1 Å². The van der Waals surface area contributed by atoms with E-state index in [4.69, 9.17) is 16.3 Å². The van der Waals surface area contributed by atoms with Crippen molar-refractivity contribution in [2.24, 2.45) is 0 Å². The number of ether oxygens (including phenoxy) is 1. The van der Waals surface area contributed by atoms with E-state index in [1.165, 1.54) is 25.3 Å². The first-order valence-corrected chi connectivity index (χ1v) is 9.40. The van der Waals surface area contributed by atoms with Crippen molar-refractivity contribution in [2.75, 3.05) is 20.3 Å². The minimum Gasteiger partial charge on any atom is -0.383 e. The van der Waals surface area contributed by atoms with Gasteiger partial charge in [-0.1, -0.05) is 29.8 Å². The Bertz CT molecular complexity index is 823. The van der Waals surface area contributed by atoms with Crippen LogP contribution in [0.4, 0.5) is 0 Å². The van der Waals surface area contributed by atoms with Crippen LogP contribution >= 0.6 is 11.6 Å². The van der Waals surface area contributed by atoms with Crippen molar-refractivity contribution < 1.29 is 17.9 Å². The Balaban J connectivity index is 2.04. The van der Waals surface area contributed by atoms with E-state index in [0.29, 0.717) is 11.6 Å². The molecule has 2 rings (SSSR count). The molecular formula is C17H19ClN2O4S. The lowest BCUT2D eigenvalue weighted by Gasteiger charge is -2.09. The van der Waals surface area contributed by atoms with Gasteiger partial charge >= 0.3 is 0 Å². The molecule has 0 aliphatic rings. The first-order chi connectivity index (χ1) is 11.9. The molecule has 2 aromatic rings. The van der Waals surface area contributed by atoms with Crippen LogP contribution in [0.2, 0.25) is 5.02 Å². The van der Waals surface area contributed by atoms with Crippen LogP contribution in [0.1, 0.15) is 15.9 Å². The average molecular weight is 383 g/mol. The maximum absolute atomic E-state index is 12.3. The number of sulfonamides is 1. The Kier molecular flexibility index (Phi) is 6.95. The van der Waals surface area contributed by atoms with E-state index in [9.17, 15) is 13.2 Å². The summed E-state index contributed by atoms with van der Waals surface area (Å²) in [6.45, 7) is 0.741. The summed E-state index contributed by atoms with van der Waals surface area (Å²) < 4.78 is 31.6. The highest BCUT2D eigenvalue weighted by atomic mass is 35.5. The van der Waals surface area contributed by atoms with Crippen molar-refractivity contribution in [1.82, 2.24) is 10.0 Å². The molecule has 0 fully saturated rings. The van der Waals surface area contributed by atoms with E-state index < -0.39 is 10.0 Å². The molecule has 6 nitrogen and oxygen atoms in total. The van der Waals surface area contributed by atoms with E-state index in [0.717, 1.165) is 5.56 Å². The van der Waals surface area contributed by atoms with Crippen LogP contribution in [0.25, 0.3) is 0 Å². The quantitative estimate of drug-likeness (QED) is 0.685. The molecule has 0 bridgehead atoms. The number of carbonyl (C=O) groups is 1. The molecule has 8 heteroatoms. The third kappa shape index (κ3) is 5.82. The SMILES string of the molecule is COCCNS(=O)(=O)c1cccc(C(=O)NCc2ccc(Cl)cc2)c1. The smallest absolute Gasteiger partial charge is 0.251 e. The zero-order valence-corrected chi connectivity index (χ0v) is 15.2. The second-order valence-electron chi connectivity index (χ2n) is 5.23. The lowest BCUT2D eigenvalue weighted by Crippen LogP contribution is -2.28. The molecule has 0 aromatic heterocycles. The topological polar surface area (TPSA) is 84.5 Å². The molecule has 25 heavy (non-hydrogen) atoms. The minimum atomic E-state index is -3.69. The van der Waals surface area contributed by atoms with E-state index in [2.05, 4.69) is 10.0 Å². The average Bonchev–Trinajstić information content (AvgIpc) is 2.61. The summed E-state index contributed by atoms with van der Waals surface area (Å²) >= 11 is 5.82. The highest BCUT2D eigenvalue weighted by Crippen LogP contribution is 2.12. The fraction of sp³-hybridized carbons (Fsp3) is 0.235. The molecule has 0 saturated carbocycles. The zero-order chi connectivity index (χ0) is 18.3. The summed E-state index contributed by atoms with van der Waals surface area (Å²) in [5.74, 6) is -0.358. The summed E-state index contributed by atoms with van der Waals surface area (Å²) in [5.41, 5.74) is 1.16. The molecule has 0 heterocycles. The Morgan fingerprint density at radius 1 is 1.16 bits per heavy atom. The van der Waals surface area contributed by atoms with Gasteiger partial charge in [-0.05, 0) is 35.9 Å². The predicted octanol–water partition coefficient (Wildman–Crippen LogP) is 2.19. The van der Waals surface area contributed by atoms with Crippen molar-refractivity contribution in [3.63, 3.8) is 0 Å². The van der Waals surface area contributed by atoms with E-state index in [1.807, 2.05) is 12.1 Å². The third-order valence-corrected chi connectivity index (χ3v) is 5.08. The van der Waals surface area contributed by atoms with Gasteiger partial charge in [-0.3, -0.25) is 4.79 Å². The number of hydrogen-bond donors (Lipinski definition) is 2. The molecule has 1 amide bonds. The minimum absolute atomic E-state index is 0.0303. The summed E-state index contributed by atoms with van der Waals surface area (Å²) in [6.07, 6.45) is 0. The number of hydrogen-bond acceptors (Lipinski definition) is 4. The zero-order valence-electron chi connectivity index (χ0n) is 13.7. The fourth-order valence-corrected chi connectivity index (χ4v) is 3.24. The van der Waals surface area contributed by atoms with Crippen LogP contribution in [0.5, 0.6) is 0 Å². The Morgan fingerprint density at radius 3 is 2.56 bits per heavy atom. The van der Waals surface area contributed by atoms with Crippen LogP contribution < -0.4 is 10.0 Å². The Hall–Kier alpha value is -1.93. The lowest BCUT2D eigenvalue weighted by molar-refractivity contribution is 0.0950. The van der Waals surface area contributed by atoms with Gasteiger partial charge in [-0.25, -0.2) is 13.1 Å². The van der Waals surface area contributed by atoms with Crippen LogP contribution in [-0.4, -0.2) is 34.6 Å². The van der Waals surface area contributed by atoms with Crippen molar-refractivity contribution >= 4 is 27.5 Å². The maximum Gasteiger partial charge on any atom is 0.251 e. The second-order valence-corrected chi connectivity index (χ2v) is 7.43. The summed E-state index contributed by atoms with van der Waals surface area (Å²) in [6, 6.07) is 13.0. The van der Waals surface area contributed by atoms with E-state index >= 15 is 0 Å². The lowest BCUT2D eigenvalue weighted by atomic mass is 10.2. The van der Waals surface area contributed by atoms with Gasteiger partial charge in [-0.15, -0.1) is 0 Å². The van der Waals surface area contributed by atoms with Gasteiger partial charge in [0.05, 0.1) is 11.5 Å². The monoisotopic (exact) mass is 382 g/mol. The fourth-order valence-electron chi connectivity index (χ4n) is 2.05. The number of methoxy groups -OCH3 is 1.